The molecule has 4 rings (SSSR count). The first-order valence-corrected chi connectivity index (χ1v) is 9.92. The molecule has 0 aliphatic carbocycles. The fourth-order valence-corrected chi connectivity index (χ4v) is 5.97. The molecule has 0 bridgehead atoms. The molecule has 3 aromatic rings. The maximum Gasteiger partial charge on any atom is 0.135 e. The molecule has 0 unspecified atom stereocenters. The molecule has 0 atom stereocenters. The van der Waals surface area contributed by atoms with Crippen molar-refractivity contribution in [1.82, 2.24) is 0 Å². The van der Waals surface area contributed by atoms with Crippen LogP contribution in [0.15, 0.2) is 47.5 Å². The highest BCUT2D eigenvalue weighted by molar-refractivity contribution is 7.68. The van der Waals surface area contributed by atoms with Gasteiger partial charge in [0.1, 0.15) is 10.5 Å². The number of hydrogen-bond donors (Lipinski definition) is 1. The van der Waals surface area contributed by atoms with Crippen LogP contribution in [0.2, 0.25) is 0 Å². The second kappa shape index (κ2) is 5.53. The van der Waals surface area contributed by atoms with E-state index in [1.807, 2.05) is 18.2 Å². The Bertz CT molecular complexity index is 999. The zero-order valence-corrected chi connectivity index (χ0v) is 15.3. The molecule has 2 aromatic carbocycles. The lowest BCUT2D eigenvalue weighted by Crippen LogP contribution is -2.31. The number of anilines is 1. The van der Waals surface area contributed by atoms with Gasteiger partial charge in [-0.15, -0.1) is 0 Å². The Balaban J connectivity index is 2.00. The van der Waals surface area contributed by atoms with Crippen LogP contribution < -0.4 is 9.99 Å². The normalized spacial score (nSPS) is 15.6. The van der Waals surface area contributed by atoms with Gasteiger partial charge in [-0.1, -0.05) is 32.8 Å². The van der Waals surface area contributed by atoms with E-state index in [4.69, 9.17) is 4.99 Å². The van der Waals surface area contributed by atoms with E-state index >= 15 is 0 Å². The minimum absolute atomic E-state index is 0.193. The molecule has 1 N–H and O–H groups in total. The number of hydrogen-bond acceptors (Lipinski definition) is 4. The lowest BCUT2D eigenvalue weighted by atomic mass is 9.90. The minimum atomic E-state index is -0.223. The van der Waals surface area contributed by atoms with Crippen molar-refractivity contribution >= 4 is 32.1 Å². The van der Waals surface area contributed by atoms with Gasteiger partial charge in [-0.05, 0) is 56.7 Å². The summed E-state index contributed by atoms with van der Waals surface area (Å²) in [6.45, 7) is 6.36. The van der Waals surface area contributed by atoms with Gasteiger partial charge in [-0.25, -0.2) is 9.38 Å². The summed E-state index contributed by atoms with van der Waals surface area (Å²) < 4.78 is 14.8. The third-order valence-corrected chi connectivity index (χ3v) is 6.78. The molecule has 0 radical (unpaired) electrons. The second-order valence-electron chi connectivity index (χ2n) is 6.57. The highest BCUT2D eigenvalue weighted by Crippen LogP contribution is 2.45. The lowest BCUT2D eigenvalue weighted by Gasteiger charge is -2.33. The Morgan fingerprint density at radius 1 is 1.08 bits per heavy atom. The molecular formula is C19H17FN2S2. The number of nitrogens with zero attached hydrogens (tertiary/aromatic N) is 1. The monoisotopic (exact) mass is 356 g/mol. The van der Waals surface area contributed by atoms with Crippen molar-refractivity contribution in [2.45, 2.75) is 26.3 Å². The maximum absolute atomic E-state index is 13.8. The predicted octanol–water partition coefficient (Wildman–Crippen LogP) is 5.82. The molecule has 0 spiro atoms. The van der Waals surface area contributed by atoms with E-state index in [0.29, 0.717) is 0 Å². The number of fused-ring (bicyclic) bond motifs is 3. The van der Waals surface area contributed by atoms with Crippen LogP contribution in [-0.2, 0) is 5.54 Å². The smallest absolute Gasteiger partial charge is 0.135 e. The average molecular weight is 356 g/mol. The Kier molecular flexibility index (Phi) is 3.58. The van der Waals surface area contributed by atoms with Crippen LogP contribution >= 0.6 is 20.7 Å². The van der Waals surface area contributed by atoms with Gasteiger partial charge in [0.2, 0.25) is 0 Å². The lowest BCUT2D eigenvalue weighted by molar-refractivity contribution is 0.612. The van der Waals surface area contributed by atoms with Crippen LogP contribution in [-0.4, -0.2) is 0 Å². The van der Waals surface area contributed by atoms with Gasteiger partial charge in [0.25, 0.3) is 0 Å². The van der Waals surface area contributed by atoms with E-state index in [-0.39, 0.29) is 11.4 Å². The summed E-state index contributed by atoms with van der Waals surface area (Å²) in [7, 11) is 3.37. The number of nitrogens with one attached hydrogen (secondary N) is 1. The van der Waals surface area contributed by atoms with Crippen molar-refractivity contribution < 1.29 is 4.39 Å². The fourth-order valence-electron chi connectivity index (χ4n) is 3.03. The van der Waals surface area contributed by atoms with Gasteiger partial charge >= 0.3 is 0 Å². The first kappa shape index (κ1) is 15.5. The summed E-state index contributed by atoms with van der Waals surface area (Å²) in [5, 5.41) is 3.51. The van der Waals surface area contributed by atoms with Crippen molar-refractivity contribution in [3.8, 4) is 11.1 Å². The maximum atomic E-state index is 13.8. The SMILES string of the molecule is Cc1cccc(N=c2ssc3c2-c2cc(F)ccc2NC3(C)C)c1. The molecule has 1 aliphatic rings. The topological polar surface area (TPSA) is 24.4 Å². The Morgan fingerprint density at radius 3 is 2.71 bits per heavy atom. The Labute approximate surface area is 147 Å². The van der Waals surface area contributed by atoms with Crippen molar-refractivity contribution in [3.63, 3.8) is 0 Å². The molecule has 24 heavy (non-hydrogen) atoms. The van der Waals surface area contributed by atoms with E-state index in [2.05, 4.69) is 38.2 Å². The Hall–Kier alpha value is -1.98. The van der Waals surface area contributed by atoms with E-state index in [1.54, 1.807) is 26.7 Å². The van der Waals surface area contributed by atoms with Crippen molar-refractivity contribution in [3.05, 3.63) is 63.4 Å². The van der Waals surface area contributed by atoms with Gasteiger partial charge in [-0.2, -0.15) is 0 Å². The zero-order valence-electron chi connectivity index (χ0n) is 13.7. The van der Waals surface area contributed by atoms with Crippen LogP contribution in [0.25, 0.3) is 11.1 Å². The predicted molar refractivity (Wildman–Crippen MR) is 101 cm³/mol. The van der Waals surface area contributed by atoms with Gasteiger partial charge in [-0.3, -0.25) is 0 Å². The molecule has 1 aromatic heterocycles. The first-order valence-electron chi connectivity index (χ1n) is 7.77. The zero-order chi connectivity index (χ0) is 16.9. The molecule has 2 heterocycles. The number of rotatable bonds is 1. The summed E-state index contributed by atoms with van der Waals surface area (Å²) in [6, 6.07) is 13.1. The molecular weight excluding hydrogens is 339 g/mol. The summed E-state index contributed by atoms with van der Waals surface area (Å²) in [5.74, 6) is -0.223. The first-order chi connectivity index (χ1) is 11.4. The summed E-state index contributed by atoms with van der Waals surface area (Å²) >= 11 is 0. The standard InChI is InChI=1S/C19H17FN2S2/c1-11-5-4-6-13(9-11)21-18-16-14-10-12(20)7-8-15(14)22-19(2,3)17(16)23-24-18/h4-10,22H,1-3H3. The van der Waals surface area contributed by atoms with E-state index in [1.165, 1.54) is 16.5 Å². The van der Waals surface area contributed by atoms with Crippen LogP contribution in [0, 0.1) is 12.7 Å². The summed E-state index contributed by atoms with van der Waals surface area (Å²) in [5.41, 5.74) is 4.83. The third kappa shape index (κ3) is 2.58. The largest absolute Gasteiger partial charge is 0.375 e. The molecule has 0 saturated heterocycles. The minimum Gasteiger partial charge on any atom is -0.375 e. The molecule has 0 saturated carbocycles. The molecule has 122 valence electrons. The third-order valence-electron chi connectivity index (χ3n) is 4.14. The average Bonchev–Trinajstić information content (AvgIpc) is 2.93. The van der Waals surface area contributed by atoms with Crippen molar-refractivity contribution in [1.29, 1.82) is 0 Å². The van der Waals surface area contributed by atoms with Crippen LogP contribution in [0.4, 0.5) is 15.8 Å². The fraction of sp³-hybridized carbons (Fsp3) is 0.211. The van der Waals surface area contributed by atoms with Crippen LogP contribution in [0.3, 0.4) is 0 Å². The summed E-state index contributed by atoms with van der Waals surface area (Å²) in [6.07, 6.45) is 0. The highest BCUT2D eigenvalue weighted by Gasteiger charge is 2.33. The van der Waals surface area contributed by atoms with Gasteiger partial charge in [0, 0.05) is 16.8 Å². The van der Waals surface area contributed by atoms with Gasteiger partial charge in [0.15, 0.2) is 0 Å². The van der Waals surface area contributed by atoms with E-state index in [9.17, 15) is 4.39 Å². The highest BCUT2D eigenvalue weighted by atomic mass is 32.9. The van der Waals surface area contributed by atoms with E-state index in [0.717, 1.165) is 27.2 Å². The van der Waals surface area contributed by atoms with Crippen molar-refractivity contribution in [2.75, 3.05) is 5.32 Å². The van der Waals surface area contributed by atoms with Crippen LogP contribution in [0.1, 0.15) is 24.3 Å². The second-order valence-corrected chi connectivity index (χ2v) is 8.69. The Morgan fingerprint density at radius 2 is 1.92 bits per heavy atom. The van der Waals surface area contributed by atoms with Gasteiger partial charge < -0.3 is 5.32 Å². The quantitative estimate of drug-likeness (QED) is 0.546. The number of benzene rings is 2. The molecule has 2 nitrogen and oxygen atoms in total. The van der Waals surface area contributed by atoms with Crippen LogP contribution in [0.5, 0.6) is 0 Å². The number of halogens is 1. The summed E-state index contributed by atoms with van der Waals surface area (Å²) in [4.78, 5) is 6.05. The molecule has 1 aliphatic heterocycles. The molecule has 5 heteroatoms. The molecule has 0 fully saturated rings. The molecule has 0 amide bonds. The van der Waals surface area contributed by atoms with Crippen molar-refractivity contribution in [2.24, 2.45) is 4.99 Å². The van der Waals surface area contributed by atoms with E-state index < -0.39 is 0 Å². The van der Waals surface area contributed by atoms with Gasteiger partial charge in [0.05, 0.1) is 16.1 Å². The number of aryl methyl sites for hydroxylation is 1.